The van der Waals surface area contributed by atoms with Gasteiger partial charge >= 0.3 is 6.18 Å². The highest BCUT2D eigenvalue weighted by molar-refractivity contribution is 5.77. The highest BCUT2D eigenvalue weighted by atomic mass is 19.4. The quantitative estimate of drug-likeness (QED) is 0.646. The SMILES string of the molecule is O=[C]c1cnccc1C(F)(F)F. The van der Waals surface area contributed by atoms with Crippen molar-refractivity contribution < 1.29 is 18.0 Å². The average Bonchev–Trinajstić information content (AvgIpc) is 2.03. The number of alkyl halides is 3. The lowest BCUT2D eigenvalue weighted by molar-refractivity contribution is -0.137. The van der Waals surface area contributed by atoms with Crippen LogP contribution in [0.15, 0.2) is 18.5 Å². The Balaban J connectivity index is 3.23. The van der Waals surface area contributed by atoms with Crippen LogP contribution in [-0.2, 0) is 11.0 Å². The molecule has 1 rings (SSSR count). The zero-order valence-corrected chi connectivity index (χ0v) is 5.72. The van der Waals surface area contributed by atoms with Gasteiger partial charge in [-0.2, -0.15) is 13.2 Å². The Labute approximate surface area is 66.0 Å². The summed E-state index contributed by atoms with van der Waals surface area (Å²) in [7, 11) is 0. The summed E-state index contributed by atoms with van der Waals surface area (Å²) in [6.45, 7) is 0. The predicted octanol–water partition coefficient (Wildman–Crippen LogP) is 1.56. The highest BCUT2D eigenvalue weighted by Crippen LogP contribution is 2.30. The number of hydrogen-bond donors (Lipinski definition) is 0. The first-order valence-electron chi connectivity index (χ1n) is 2.95. The summed E-state index contributed by atoms with van der Waals surface area (Å²) in [6.07, 6.45) is -1.54. The standard InChI is InChI=1S/C7H3F3NO/c8-7(9,10)6-1-2-11-3-5(6)4-12/h1-3H. The number of hydrogen-bond acceptors (Lipinski definition) is 2. The van der Waals surface area contributed by atoms with Gasteiger partial charge in [0.1, 0.15) is 0 Å². The van der Waals surface area contributed by atoms with Gasteiger partial charge in [-0.15, -0.1) is 0 Å². The second kappa shape index (κ2) is 2.92. The lowest BCUT2D eigenvalue weighted by Crippen LogP contribution is -2.08. The highest BCUT2D eigenvalue weighted by Gasteiger charge is 2.33. The van der Waals surface area contributed by atoms with E-state index in [2.05, 4.69) is 4.98 Å². The van der Waals surface area contributed by atoms with Gasteiger partial charge in [0.15, 0.2) is 0 Å². The van der Waals surface area contributed by atoms with Crippen molar-refractivity contribution in [1.29, 1.82) is 0 Å². The van der Waals surface area contributed by atoms with Crippen molar-refractivity contribution in [3.63, 3.8) is 0 Å². The molecule has 0 saturated carbocycles. The van der Waals surface area contributed by atoms with Crippen LogP contribution in [0, 0.1) is 0 Å². The van der Waals surface area contributed by atoms with E-state index >= 15 is 0 Å². The summed E-state index contributed by atoms with van der Waals surface area (Å²) in [5.74, 6) is 0. The molecule has 0 fully saturated rings. The monoisotopic (exact) mass is 174 g/mol. The van der Waals surface area contributed by atoms with Crippen LogP contribution in [-0.4, -0.2) is 11.3 Å². The molecular weight excluding hydrogens is 171 g/mol. The van der Waals surface area contributed by atoms with E-state index < -0.39 is 17.3 Å². The number of halogens is 3. The summed E-state index contributed by atoms with van der Waals surface area (Å²) in [4.78, 5) is 13.4. The Morgan fingerprint density at radius 2 is 2.08 bits per heavy atom. The number of pyridine rings is 1. The summed E-state index contributed by atoms with van der Waals surface area (Å²) in [5.41, 5.74) is -1.57. The molecule has 0 spiro atoms. The smallest absolute Gasteiger partial charge is 0.285 e. The van der Waals surface area contributed by atoms with E-state index in [1.807, 2.05) is 0 Å². The van der Waals surface area contributed by atoms with Gasteiger partial charge in [-0.3, -0.25) is 9.78 Å². The normalized spacial score (nSPS) is 11.2. The second-order valence-corrected chi connectivity index (χ2v) is 2.02. The molecule has 0 aliphatic heterocycles. The third kappa shape index (κ3) is 1.61. The maximum atomic E-state index is 12.0. The molecule has 0 atom stereocenters. The summed E-state index contributed by atoms with van der Waals surface area (Å²) < 4.78 is 36.1. The van der Waals surface area contributed by atoms with Crippen molar-refractivity contribution in [1.82, 2.24) is 4.98 Å². The molecular formula is C7H3F3NO. The Morgan fingerprint density at radius 1 is 1.42 bits per heavy atom. The van der Waals surface area contributed by atoms with E-state index in [1.165, 1.54) is 6.29 Å². The third-order valence-electron chi connectivity index (χ3n) is 1.24. The topological polar surface area (TPSA) is 30.0 Å². The molecule has 0 aromatic carbocycles. The van der Waals surface area contributed by atoms with Crippen LogP contribution in [0.4, 0.5) is 13.2 Å². The lowest BCUT2D eigenvalue weighted by Gasteiger charge is -2.06. The Kier molecular flexibility index (Phi) is 2.12. The van der Waals surface area contributed by atoms with E-state index in [0.717, 1.165) is 18.5 Å². The predicted molar refractivity (Wildman–Crippen MR) is 34.0 cm³/mol. The van der Waals surface area contributed by atoms with Crippen LogP contribution in [0.25, 0.3) is 0 Å². The van der Waals surface area contributed by atoms with Gasteiger partial charge < -0.3 is 0 Å². The minimum atomic E-state index is -4.52. The van der Waals surface area contributed by atoms with Gasteiger partial charge in [-0.25, -0.2) is 0 Å². The van der Waals surface area contributed by atoms with E-state index in [1.54, 1.807) is 0 Å². The molecule has 0 unspecified atom stereocenters. The van der Waals surface area contributed by atoms with E-state index in [4.69, 9.17) is 0 Å². The minimum absolute atomic E-state index is 0.565. The molecule has 0 aliphatic rings. The van der Waals surface area contributed by atoms with E-state index in [0.29, 0.717) is 0 Å². The Morgan fingerprint density at radius 3 is 2.50 bits per heavy atom. The van der Waals surface area contributed by atoms with Crippen molar-refractivity contribution in [2.45, 2.75) is 6.18 Å². The number of rotatable bonds is 1. The van der Waals surface area contributed by atoms with Crippen LogP contribution in [0.3, 0.4) is 0 Å². The zero-order chi connectivity index (χ0) is 9.19. The number of carbonyl (C=O) groups excluding carboxylic acids is 1. The maximum Gasteiger partial charge on any atom is 0.417 e. The van der Waals surface area contributed by atoms with Crippen molar-refractivity contribution in [2.75, 3.05) is 0 Å². The number of aromatic nitrogens is 1. The summed E-state index contributed by atoms with van der Waals surface area (Å²) >= 11 is 0. The zero-order valence-electron chi connectivity index (χ0n) is 5.72. The Bertz CT molecular complexity index is 295. The molecule has 12 heavy (non-hydrogen) atoms. The van der Waals surface area contributed by atoms with Crippen LogP contribution in [0.2, 0.25) is 0 Å². The molecule has 0 saturated heterocycles. The van der Waals surface area contributed by atoms with Crippen LogP contribution >= 0.6 is 0 Å². The van der Waals surface area contributed by atoms with Gasteiger partial charge in [0.25, 0.3) is 0 Å². The summed E-state index contributed by atoms with van der Waals surface area (Å²) in [5, 5.41) is 0. The van der Waals surface area contributed by atoms with Gasteiger partial charge in [-0.1, -0.05) is 0 Å². The molecule has 1 aromatic heterocycles. The molecule has 0 N–H and O–H groups in total. The van der Waals surface area contributed by atoms with Crippen LogP contribution in [0.5, 0.6) is 0 Å². The van der Waals surface area contributed by atoms with Crippen LogP contribution in [0.1, 0.15) is 11.1 Å². The van der Waals surface area contributed by atoms with Crippen LogP contribution < -0.4 is 0 Å². The van der Waals surface area contributed by atoms with Gasteiger partial charge in [-0.05, 0) is 6.07 Å². The van der Waals surface area contributed by atoms with Crippen molar-refractivity contribution in [3.05, 3.63) is 29.6 Å². The van der Waals surface area contributed by atoms with Gasteiger partial charge in [0.2, 0.25) is 6.29 Å². The molecule has 63 valence electrons. The molecule has 1 heterocycles. The molecule has 0 bridgehead atoms. The first kappa shape index (κ1) is 8.70. The summed E-state index contributed by atoms with van der Waals surface area (Å²) in [6, 6.07) is 0.736. The van der Waals surface area contributed by atoms with Gasteiger partial charge in [0.05, 0.1) is 11.1 Å². The fourth-order valence-electron chi connectivity index (χ4n) is 0.723. The van der Waals surface area contributed by atoms with Crippen molar-refractivity contribution >= 4 is 6.29 Å². The fourth-order valence-corrected chi connectivity index (χ4v) is 0.723. The molecule has 0 aliphatic carbocycles. The first-order valence-corrected chi connectivity index (χ1v) is 2.95. The van der Waals surface area contributed by atoms with E-state index in [-0.39, 0.29) is 0 Å². The molecule has 1 aromatic rings. The molecule has 0 amide bonds. The molecule has 2 nitrogen and oxygen atoms in total. The minimum Gasteiger partial charge on any atom is -0.285 e. The largest absolute Gasteiger partial charge is 0.417 e. The molecule has 5 heteroatoms. The lowest BCUT2D eigenvalue weighted by atomic mass is 10.1. The number of nitrogens with zero attached hydrogens (tertiary/aromatic N) is 1. The van der Waals surface area contributed by atoms with Gasteiger partial charge in [0, 0.05) is 12.4 Å². The maximum absolute atomic E-state index is 12.0. The van der Waals surface area contributed by atoms with E-state index in [9.17, 15) is 18.0 Å². The first-order chi connectivity index (χ1) is 5.55. The van der Waals surface area contributed by atoms with Crippen molar-refractivity contribution in [3.8, 4) is 0 Å². The third-order valence-corrected chi connectivity index (χ3v) is 1.24. The molecule has 1 radical (unpaired) electrons. The van der Waals surface area contributed by atoms with Crippen molar-refractivity contribution in [2.24, 2.45) is 0 Å². The second-order valence-electron chi connectivity index (χ2n) is 2.02. The Hall–Kier alpha value is -1.39. The average molecular weight is 174 g/mol. The fraction of sp³-hybridized carbons (Fsp3) is 0.143.